The van der Waals surface area contributed by atoms with Crippen molar-refractivity contribution in [3.8, 4) is 0 Å². The monoisotopic (exact) mass is 529 g/mol. The summed E-state index contributed by atoms with van der Waals surface area (Å²) in [6.45, 7) is 12.2. The van der Waals surface area contributed by atoms with Crippen molar-refractivity contribution in [3.63, 3.8) is 0 Å². The number of carbonyl (C=O) groups excluding carboxylic acids is 1. The van der Waals surface area contributed by atoms with E-state index in [9.17, 15) is 4.79 Å². The van der Waals surface area contributed by atoms with Crippen LogP contribution in [0, 0.1) is 0 Å². The van der Waals surface area contributed by atoms with E-state index in [0.717, 1.165) is 51.9 Å². The molecule has 1 aromatic rings. The lowest BCUT2D eigenvalue weighted by atomic mass is 9.90. The Bertz CT molecular complexity index is 642. The van der Waals surface area contributed by atoms with Crippen LogP contribution in [0.25, 0.3) is 0 Å². The first-order chi connectivity index (χ1) is 14.0. The van der Waals surface area contributed by atoms with Gasteiger partial charge in [-0.25, -0.2) is 4.99 Å². The second kappa shape index (κ2) is 13.9. The number of aliphatic imine (C=N–C) groups is 1. The number of nitrogens with one attached hydrogen (secondary N) is 3. The fourth-order valence-corrected chi connectivity index (χ4v) is 3.85. The minimum Gasteiger partial charge on any atom is -0.357 e. The Morgan fingerprint density at radius 3 is 2.30 bits per heavy atom. The molecule has 170 valence electrons. The van der Waals surface area contributed by atoms with E-state index in [1.54, 1.807) is 0 Å². The van der Waals surface area contributed by atoms with Gasteiger partial charge in [0.25, 0.3) is 0 Å². The van der Waals surface area contributed by atoms with Crippen LogP contribution in [0.1, 0.15) is 65.0 Å². The molecule has 0 spiro atoms. The number of guanidine groups is 1. The molecule has 1 heterocycles. The molecular weight excluding hydrogens is 489 g/mol. The Hall–Kier alpha value is -1.35. The molecule has 1 amide bonds. The van der Waals surface area contributed by atoms with E-state index in [-0.39, 0.29) is 48.0 Å². The predicted octanol–water partition coefficient (Wildman–Crippen LogP) is 3.69. The molecule has 1 unspecified atom stereocenters. The molecule has 0 saturated carbocycles. The van der Waals surface area contributed by atoms with Crippen LogP contribution in [0.5, 0.6) is 0 Å². The summed E-state index contributed by atoms with van der Waals surface area (Å²) >= 11 is 0. The van der Waals surface area contributed by atoms with Crippen molar-refractivity contribution < 1.29 is 4.79 Å². The SMILES string of the molecule is CCNC(=NCC(=O)N1CCCC1)NCC(CC)(CC)NC(C)c1ccccc1.I. The van der Waals surface area contributed by atoms with Gasteiger partial charge in [-0.1, -0.05) is 44.2 Å². The van der Waals surface area contributed by atoms with Gasteiger partial charge in [0.1, 0.15) is 6.54 Å². The van der Waals surface area contributed by atoms with E-state index in [1.807, 2.05) is 17.9 Å². The molecule has 0 aliphatic carbocycles. The third-order valence-electron chi connectivity index (χ3n) is 5.95. The van der Waals surface area contributed by atoms with Crippen molar-refractivity contribution in [1.82, 2.24) is 20.9 Å². The Kier molecular flexibility index (Phi) is 12.3. The number of carbonyl (C=O) groups is 1. The van der Waals surface area contributed by atoms with Crippen molar-refractivity contribution in [2.24, 2.45) is 4.99 Å². The lowest BCUT2D eigenvalue weighted by Crippen LogP contribution is -2.55. The van der Waals surface area contributed by atoms with Gasteiger partial charge in [-0.3, -0.25) is 4.79 Å². The minimum atomic E-state index is -0.0512. The van der Waals surface area contributed by atoms with Gasteiger partial charge in [-0.2, -0.15) is 0 Å². The van der Waals surface area contributed by atoms with Crippen molar-refractivity contribution in [3.05, 3.63) is 35.9 Å². The molecule has 30 heavy (non-hydrogen) atoms. The van der Waals surface area contributed by atoms with Gasteiger partial charge in [-0.15, -0.1) is 24.0 Å². The number of hydrogen-bond donors (Lipinski definition) is 3. The molecule has 6 nitrogen and oxygen atoms in total. The number of rotatable bonds is 10. The van der Waals surface area contributed by atoms with Crippen LogP contribution in [0.3, 0.4) is 0 Å². The van der Waals surface area contributed by atoms with Crippen molar-refractivity contribution in [1.29, 1.82) is 0 Å². The quantitative estimate of drug-likeness (QED) is 0.246. The van der Waals surface area contributed by atoms with E-state index in [4.69, 9.17) is 0 Å². The summed E-state index contributed by atoms with van der Waals surface area (Å²) in [5.41, 5.74) is 1.24. The van der Waals surface area contributed by atoms with Crippen LogP contribution >= 0.6 is 24.0 Å². The zero-order chi connectivity index (χ0) is 21.1. The molecular formula is C23H40IN5O. The first kappa shape index (κ1) is 26.7. The molecule has 1 fully saturated rings. The largest absolute Gasteiger partial charge is 0.357 e. The molecule has 1 atom stereocenters. The smallest absolute Gasteiger partial charge is 0.244 e. The topological polar surface area (TPSA) is 68.8 Å². The van der Waals surface area contributed by atoms with Crippen LogP contribution < -0.4 is 16.0 Å². The first-order valence-electron chi connectivity index (χ1n) is 11.2. The number of nitrogens with zero attached hydrogens (tertiary/aromatic N) is 2. The number of benzene rings is 1. The maximum Gasteiger partial charge on any atom is 0.244 e. The maximum atomic E-state index is 12.3. The summed E-state index contributed by atoms with van der Waals surface area (Å²) in [5.74, 6) is 0.827. The fraction of sp³-hybridized carbons (Fsp3) is 0.652. The number of hydrogen-bond acceptors (Lipinski definition) is 3. The van der Waals surface area contributed by atoms with Crippen LogP contribution in [-0.4, -0.2) is 55.0 Å². The molecule has 2 rings (SSSR count). The summed E-state index contributed by atoms with van der Waals surface area (Å²) in [4.78, 5) is 18.8. The number of likely N-dealkylation sites (tertiary alicyclic amines) is 1. The highest BCUT2D eigenvalue weighted by molar-refractivity contribution is 14.0. The Morgan fingerprint density at radius 2 is 1.73 bits per heavy atom. The van der Waals surface area contributed by atoms with E-state index in [1.165, 1.54) is 5.56 Å². The lowest BCUT2D eigenvalue weighted by Gasteiger charge is -2.37. The third kappa shape index (κ3) is 8.06. The van der Waals surface area contributed by atoms with Crippen LogP contribution in [0.15, 0.2) is 35.3 Å². The zero-order valence-electron chi connectivity index (χ0n) is 19.0. The van der Waals surface area contributed by atoms with Gasteiger partial charge in [-0.05, 0) is 45.1 Å². The van der Waals surface area contributed by atoms with Gasteiger partial charge in [0.2, 0.25) is 5.91 Å². The van der Waals surface area contributed by atoms with Gasteiger partial charge in [0, 0.05) is 37.8 Å². The van der Waals surface area contributed by atoms with Gasteiger partial charge < -0.3 is 20.9 Å². The molecule has 7 heteroatoms. The summed E-state index contributed by atoms with van der Waals surface area (Å²) in [6, 6.07) is 10.8. The molecule has 0 aromatic heterocycles. The Balaban J connectivity index is 0.00000450. The first-order valence-corrected chi connectivity index (χ1v) is 11.2. The molecule has 0 bridgehead atoms. The number of amides is 1. The van der Waals surface area contributed by atoms with Crippen LogP contribution in [0.2, 0.25) is 0 Å². The highest BCUT2D eigenvalue weighted by atomic mass is 127. The van der Waals surface area contributed by atoms with E-state index in [2.05, 4.69) is 66.0 Å². The van der Waals surface area contributed by atoms with Crippen LogP contribution in [0.4, 0.5) is 0 Å². The normalized spacial score (nSPS) is 15.5. The summed E-state index contributed by atoms with van der Waals surface area (Å²) in [6.07, 6.45) is 4.21. The van der Waals surface area contributed by atoms with E-state index >= 15 is 0 Å². The summed E-state index contributed by atoms with van der Waals surface area (Å²) in [7, 11) is 0. The van der Waals surface area contributed by atoms with Gasteiger partial charge in [0.15, 0.2) is 5.96 Å². The Labute approximate surface area is 199 Å². The zero-order valence-corrected chi connectivity index (χ0v) is 21.4. The molecule has 1 aliphatic rings. The second-order valence-corrected chi connectivity index (χ2v) is 7.90. The molecule has 0 radical (unpaired) electrons. The highest BCUT2D eigenvalue weighted by Gasteiger charge is 2.28. The molecule has 1 aromatic carbocycles. The Morgan fingerprint density at radius 1 is 1.10 bits per heavy atom. The average Bonchev–Trinajstić information content (AvgIpc) is 3.30. The fourth-order valence-electron chi connectivity index (χ4n) is 3.85. The average molecular weight is 530 g/mol. The standard InChI is InChI=1S/C23H39N5O.HI/c1-5-23(6-2,27-19(4)20-13-9-8-10-14-20)18-26-22(24-7-3)25-17-21(29)28-15-11-12-16-28;/h8-10,13-14,19,27H,5-7,11-12,15-18H2,1-4H3,(H2,24,25,26);1H. The van der Waals surface area contributed by atoms with Crippen molar-refractivity contribution in [2.75, 3.05) is 32.7 Å². The second-order valence-electron chi connectivity index (χ2n) is 7.90. The third-order valence-corrected chi connectivity index (χ3v) is 5.95. The summed E-state index contributed by atoms with van der Waals surface area (Å²) < 4.78 is 0. The molecule has 3 N–H and O–H groups in total. The predicted molar refractivity (Wildman–Crippen MR) is 137 cm³/mol. The molecule has 1 aliphatic heterocycles. The van der Waals surface area contributed by atoms with E-state index in [0.29, 0.717) is 5.96 Å². The lowest BCUT2D eigenvalue weighted by molar-refractivity contribution is -0.128. The molecule has 1 saturated heterocycles. The van der Waals surface area contributed by atoms with E-state index < -0.39 is 0 Å². The highest BCUT2D eigenvalue weighted by Crippen LogP contribution is 2.21. The van der Waals surface area contributed by atoms with Crippen molar-refractivity contribution >= 4 is 35.8 Å². The number of halogens is 1. The van der Waals surface area contributed by atoms with Gasteiger partial charge >= 0.3 is 0 Å². The van der Waals surface area contributed by atoms with Gasteiger partial charge in [0.05, 0.1) is 0 Å². The minimum absolute atomic E-state index is 0. The van der Waals surface area contributed by atoms with Crippen LogP contribution in [-0.2, 0) is 4.79 Å². The maximum absolute atomic E-state index is 12.3. The summed E-state index contributed by atoms with van der Waals surface area (Å²) in [5, 5.41) is 10.6. The van der Waals surface area contributed by atoms with Crippen molar-refractivity contribution in [2.45, 2.75) is 65.0 Å².